The Balaban J connectivity index is 2.20. The smallest absolute Gasteiger partial charge is 0.143 e. The molecule has 1 aliphatic heterocycles. The van der Waals surface area contributed by atoms with Gasteiger partial charge < -0.3 is 5.32 Å². The minimum Gasteiger partial charge on any atom is -0.317 e. The van der Waals surface area contributed by atoms with Gasteiger partial charge in [0, 0.05) is 11.8 Å². The van der Waals surface area contributed by atoms with Gasteiger partial charge in [-0.15, -0.1) is 0 Å². The Morgan fingerprint density at radius 2 is 1.79 bits per heavy atom. The summed E-state index contributed by atoms with van der Waals surface area (Å²) in [7, 11) is 0. The molecule has 0 saturated carbocycles. The molecule has 1 heterocycles. The molecule has 0 aromatic heterocycles. The molecule has 0 atom stereocenters. The van der Waals surface area contributed by atoms with E-state index in [-0.39, 0.29) is 5.41 Å². The maximum absolute atomic E-state index is 12.8. The lowest BCUT2D eigenvalue weighted by molar-refractivity contribution is -0.129. The molecular formula is C17H25NO. The third-order valence-electron chi connectivity index (χ3n) is 4.81. The molecular weight excluding hydrogens is 234 g/mol. The minimum atomic E-state index is -0.0834. The Labute approximate surface area is 116 Å². The van der Waals surface area contributed by atoms with Gasteiger partial charge in [-0.05, 0) is 62.9 Å². The number of benzene rings is 1. The van der Waals surface area contributed by atoms with E-state index in [0.29, 0.717) is 12.2 Å². The summed E-state index contributed by atoms with van der Waals surface area (Å²) in [6.07, 6.45) is 3.56. The Bertz CT molecular complexity index is 438. The van der Waals surface area contributed by atoms with Crippen molar-refractivity contribution in [3.8, 4) is 0 Å². The van der Waals surface area contributed by atoms with Crippen LogP contribution in [0.5, 0.6) is 0 Å². The summed E-state index contributed by atoms with van der Waals surface area (Å²) in [6, 6.07) is 6.28. The number of ketones is 1. The molecule has 0 aliphatic carbocycles. The second-order valence-corrected chi connectivity index (χ2v) is 5.85. The third kappa shape index (κ3) is 2.89. The molecule has 0 unspecified atom stereocenters. The van der Waals surface area contributed by atoms with Crippen molar-refractivity contribution in [2.45, 2.75) is 46.5 Å². The predicted molar refractivity (Wildman–Crippen MR) is 79.5 cm³/mol. The minimum absolute atomic E-state index is 0.0834. The van der Waals surface area contributed by atoms with Gasteiger partial charge in [-0.2, -0.15) is 0 Å². The van der Waals surface area contributed by atoms with E-state index in [0.717, 1.165) is 32.4 Å². The summed E-state index contributed by atoms with van der Waals surface area (Å²) in [5.41, 5.74) is 3.64. The number of nitrogens with one attached hydrogen (secondary N) is 1. The SMILES string of the molecule is CCC1(C(=O)Cc2c(C)cccc2C)CCNCC1. The number of carbonyl (C=O) groups is 1. The van der Waals surface area contributed by atoms with Gasteiger partial charge in [0.2, 0.25) is 0 Å². The van der Waals surface area contributed by atoms with Crippen LogP contribution in [0.1, 0.15) is 42.9 Å². The molecule has 19 heavy (non-hydrogen) atoms. The first-order chi connectivity index (χ1) is 9.09. The summed E-state index contributed by atoms with van der Waals surface area (Å²) in [5.74, 6) is 0.439. The lowest BCUT2D eigenvalue weighted by Crippen LogP contribution is -2.42. The van der Waals surface area contributed by atoms with Crippen molar-refractivity contribution in [3.63, 3.8) is 0 Å². The van der Waals surface area contributed by atoms with Crippen LogP contribution in [0.2, 0.25) is 0 Å². The molecule has 0 bridgehead atoms. The average molecular weight is 259 g/mol. The first-order valence-electron chi connectivity index (χ1n) is 7.38. The van der Waals surface area contributed by atoms with E-state index >= 15 is 0 Å². The molecule has 2 heteroatoms. The summed E-state index contributed by atoms with van der Waals surface area (Å²) >= 11 is 0. The predicted octanol–water partition coefficient (Wildman–Crippen LogP) is 3.19. The zero-order valence-electron chi connectivity index (χ0n) is 12.4. The molecule has 0 spiro atoms. The topological polar surface area (TPSA) is 29.1 Å². The number of piperidine rings is 1. The van der Waals surface area contributed by atoms with Crippen molar-refractivity contribution in [2.75, 3.05) is 13.1 Å². The van der Waals surface area contributed by atoms with Crippen molar-refractivity contribution in [1.82, 2.24) is 5.32 Å². The van der Waals surface area contributed by atoms with Crippen LogP contribution >= 0.6 is 0 Å². The van der Waals surface area contributed by atoms with Crippen molar-refractivity contribution >= 4 is 5.78 Å². The highest BCUT2D eigenvalue weighted by Gasteiger charge is 2.37. The summed E-state index contributed by atoms with van der Waals surface area (Å²) in [6.45, 7) is 8.33. The zero-order valence-corrected chi connectivity index (χ0v) is 12.4. The highest BCUT2D eigenvalue weighted by molar-refractivity contribution is 5.87. The number of carbonyl (C=O) groups excluding carboxylic acids is 1. The van der Waals surface area contributed by atoms with Crippen LogP contribution in [0.25, 0.3) is 0 Å². The fourth-order valence-corrected chi connectivity index (χ4v) is 3.21. The molecule has 2 rings (SSSR count). The van der Waals surface area contributed by atoms with E-state index in [1.807, 2.05) is 0 Å². The molecule has 104 valence electrons. The molecule has 1 aromatic rings. The standard InChI is InChI=1S/C17H25NO/c1-4-17(8-10-18-11-9-17)16(19)12-15-13(2)6-5-7-14(15)3/h5-7,18H,4,8-12H2,1-3H3. The van der Waals surface area contributed by atoms with Crippen molar-refractivity contribution in [2.24, 2.45) is 5.41 Å². The van der Waals surface area contributed by atoms with Crippen LogP contribution in [-0.2, 0) is 11.2 Å². The van der Waals surface area contributed by atoms with Crippen molar-refractivity contribution in [1.29, 1.82) is 0 Å². The van der Waals surface area contributed by atoms with Gasteiger partial charge in [0.1, 0.15) is 5.78 Å². The van der Waals surface area contributed by atoms with E-state index in [1.165, 1.54) is 16.7 Å². The maximum Gasteiger partial charge on any atom is 0.143 e. The molecule has 1 saturated heterocycles. The molecule has 0 amide bonds. The Morgan fingerprint density at radius 3 is 2.32 bits per heavy atom. The molecule has 0 radical (unpaired) electrons. The highest BCUT2D eigenvalue weighted by Crippen LogP contribution is 2.35. The molecule has 1 aromatic carbocycles. The monoisotopic (exact) mass is 259 g/mol. The van der Waals surface area contributed by atoms with Gasteiger partial charge in [-0.1, -0.05) is 25.1 Å². The van der Waals surface area contributed by atoms with Gasteiger partial charge in [0.15, 0.2) is 0 Å². The van der Waals surface area contributed by atoms with Gasteiger partial charge in [-0.25, -0.2) is 0 Å². The lowest BCUT2D eigenvalue weighted by Gasteiger charge is -2.35. The van der Waals surface area contributed by atoms with Crippen LogP contribution in [0.4, 0.5) is 0 Å². The van der Waals surface area contributed by atoms with Crippen molar-refractivity contribution < 1.29 is 4.79 Å². The van der Waals surface area contributed by atoms with E-state index in [1.54, 1.807) is 0 Å². The van der Waals surface area contributed by atoms with E-state index < -0.39 is 0 Å². The zero-order chi connectivity index (χ0) is 13.9. The second kappa shape index (κ2) is 5.87. The van der Waals surface area contributed by atoms with E-state index in [2.05, 4.69) is 44.3 Å². The second-order valence-electron chi connectivity index (χ2n) is 5.85. The Morgan fingerprint density at radius 1 is 1.21 bits per heavy atom. The van der Waals surface area contributed by atoms with Crippen LogP contribution in [0.15, 0.2) is 18.2 Å². The number of rotatable bonds is 4. The van der Waals surface area contributed by atoms with Gasteiger partial charge >= 0.3 is 0 Å². The molecule has 1 aliphatic rings. The molecule has 2 nitrogen and oxygen atoms in total. The van der Waals surface area contributed by atoms with Gasteiger partial charge in [-0.3, -0.25) is 4.79 Å². The average Bonchev–Trinajstić information content (AvgIpc) is 2.43. The Hall–Kier alpha value is -1.15. The first kappa shape index (κ1) is 14.3. The van der Waals surface area contributed by atoms with Crippen LogP contribution in [0.3, 0.4) is 0 Å². The fourth-order valence-electron chi connectivity index (χ4n) is 3.21. The number of hydrogen-bond acceptors (Lipinski definition) is 2. The highest BCUT2D eigenvalue weighted by atomic mass is 16.1. The lowest BCUT2D eigenvalue weighted by atomic mass is 9.71. The van der Waals surface area contributed by atoms with E-state index in [9.17, 15) is 4.79 Å². The molecule has 1 N–H and O–H groups in total. The largest absolute Gasteiger partial charge is 0.317 e. The van der Waals surface area contributed by atoms with Gasteiger partial charge in [0.25, 0.3) is 0 Å². The van der Waals surface area contributed by atoms with E-state index in [4.69, 9.17) is 0 Å². The Kier molecular flexibility index (Phi) is 4.41. The maximum atomic E-state index is 12.8. The first-order valence-corrected chi connectivity index (χ1v) is 7.38. The van der Waals surface area contributed by atoms with Crippen LogP contribution in [-0.4, -0.2) is 18.9 Å². The van der Waals surface area contributed by atoms with Gasteiger partial charge in [0.05, 0.1) is 0 Å². The summed E-state index contributed by atoms with van der Waals surface area (Å²) in [4.78, 5) is 12.8. The number of Topliss-reactive ketones (excluding diaryl/α,β-unsaturated/α-hetero) is 1. The van der Waals surface area contributed by atoms with Crippen LogP contribution < -0.4 is 5.32 Å². The normalized spacial score (nSPS) is 18.3. The number of aryl methyl sites for hydroxylation is 2. The summed E-state index contributed by atoms with van der Waals surface area (Å²) < 4.78 is 0. The van der Waals surface area contributed by atoms with Crippen molar-refractivity contribution in [3.05, 3.63) is 34.9 Å². The quantitative estimate of drug-likeness (QED) is 0.899. The fraction of sp³-hybridized carbons (Fsp3) is 0.588. The number of hydrogen-bond donors (Lipinski definition) is 1. The third-order valence-corrected chi connectivity index (χ3v) is 4.81. The molecule has 1 fully saturated rings. The summed E-state index contributed by atoms with van der Waals surface area (Å²) in [5, 5.41) is 3.36. The van der Waals surface area contributed by atoms with Crippen LogP contribution in [0, 0.1) is 19.3 Å².